The fraction of sp³-hybridized carbons (Fsp3) is 0.519. The van der Waals surface area contributed by atoms with Crippen molar-refractivity contribution in [2.45, 2.75) is 52.2 Å². The summed E-state index contributed by atoms with van der Waals surface area (Å²) in [6.07, 6.45) is 0.0305. The maximum atomic E-state index is 13.7. The first-order valence-corrected chi connectivity index (χ1v) is 12.3. The van der Waals surface area contributed by atoms with E-state index in [0.717, 1.165) is 5.69 Å². The summed E-state index contributed by atoms with van der Waals surface area (Å²) in [4.78, 5) is 39.8. The van der Waals surface area contributed by atoms with Gasteiger partial charge in [0.1, 0.15) is 22.8 Å². The van der Waals surface area contributed by atoms with Crippen LogP contribution in [0.2, 0.25) is 0 Å². The number of rotatable bonds is 5. The number of Topliss-reactive ketones (excluding diaryl/α,β-unsaturated/α-hetero) is 2. The molecule has 1 aromatic rings. The predicted octanol–water partition coefficient (Wildman–Crippen LogP) is 1.63. The van der Waals surface area contributed by atoms with E-state index in [9.17, 15) is 34.8 Å². The van der Waals surface area contributed by atoms with Crippen LogP contribution in [0.25, 0.3) is 5.76 Å². The number of primary amides is 1. The minimum Gasteiger partial charge on any atom is -0.508 e. The van der Waals surface area contributed by atoms with Crippen molar-refractivity contribution in [1.82, 2.24) is 5.32 Å². The minimum atomic E-state index is -2.57. The van der Waals surface area contributed by atoms with Crippen molar-refractivity contribution in [2.24, 2.45) is 23.0 Å². The van der Waals surface area contributed by atoms with E-state index in [1.54, 1.807) is 0 Å². The Kier molecular flexibility index (Phi) is 6.41. The molecule has 3 atom stereocenters. The lowest BCUT2D eigenvalue weighted by atomic mass is 9.59. The van der Waals surface area contributed by atoms with Crippen LogP contribution in [-0.2, 0) is 27.3 Å². The first-order valence-electron chi connectivity index (χ1n) is 12.3. The summed E-state index contributed by atoms with van der Waals surface area (Å²) in [5.74, 6) is -6.26. The second-order valence-corrected chi connectivity index (χ2v) is 11.7. The molecule has 200 valence electrons. The van der Waals surface area contributed by atoms with Crippen LogP contribution in [-0.4, -0.2) is 64.1 Å². The van der Waals surface area contributed by atoms with E-state index in [1.165, 1.54) is 0 Å². The number of carbonyl (C=O) groups is 3. The van der Waals surface area contributed by atoms with E-state index in [1.807, 2.05) is 25.1 Å². The number of aromatic hydroxyl groups is 1. The Morgan fingerprint density at radius 2 is 1.84 bits per heavy atom. The van der Waals surface area contributed by atoms with E-state index >= 15 is 0 Å². The number of aliphatic hydroxyl groups excluding tert-OH is 2. The van der Waals surface area contributed by atoms with Crippen molar-refractivity contribution in [3.05, 3.63) is 39.7 Å². The van der Waals surface area contributed by atoms with Crippen LogP contribution < -0.4 is 16.0 Å². The van der Waals surface area contributed by atoms with Crippen molar-refractivity contribution in [1.29, 1.82) is 0 Å². The van der Waals surface area contributed by atoms with Gasteiger partial charge in [-0.2, -0.15) is 0 Å². The molecule has 3 aliphatic carbocycles. The number of aliphatic hydroxyl groups is 3. The lowest BCUT2D eigenvalue weighted by Crippen LogP contribution is -2.58. The summed E-state index contributed by atoms with van der Waals surface area (Å²) in [7, 11) is 3.68. The van der Waals surface area contributed by atoms with Gasteiger partial charge in [0.25, 0.3) is 5.91 Å². The highest BCUT2D eigenvalue weighted by Gasteiger charge is 2.60. The van der Waals surface area contributed by atoms with Gasteiger partial charge in [-0.15, -0.1) is 0 Å². The number of carbonyl (C=O) groups excluding carboxylic acids is 3. The lowest BCUT2D eigenvalue weighted by molar-refractivity contribution is -0.147. The number of hydrogen-bond donors (Lipinski definition) is 6. The number of ketones is 2. The number of hydrogen-bond acceptors (Lipinski definition) is 9. The van der Waals surface area contributed by atoms with E-state index < -0.39 is 52.0 Å². The van der Waals surface area contributed by atoms with Crippen LogP contribution >= 0.6 is 0 Å². The van der Waals surface area contributed by atoms with Gasteiger partial charge < -0.3 is 36.4 Å². The summed E-state index contributed by atoms with van der Waals surface area (Å²) in [6, 6.07) is 1.85. The van der Waals surface area contributed by atoms with Crippen LogP contribution in [0.4, 0.5) is 5.69 Å². The summed E-state index contributed by atoms with van der Waals surface area (Å²) < 4.78 is 0. The SMILES string of the molecule is CN(C)c1cc(CNCC(C)(C)C)c(O)c2c1CC1C[C@H]3CC(=O)C(C(N)=O)=C(O)[C@@]3(O)C(=O)C1=C2O. The zero-order valence-electron chi connectivity index (χ0n) is 21.8. The van der Waals surface area contributed by atoms with E-state index in [-0.39, 0.29) is 41.6 Å². The Morgan fingerprint density at radius 1 is 1.19 bits per heavy atom. The molecule has 0 heterocycles. The van der Waals surface area contributed by atoms with Gasteiger partial charge in [0.15, 0.2) is 11.4 Å². The third-order valence-electron chi connectivity index (χ3n) is 7.57. The number of phenols is 1. The molecule has 10 nitrogen and oxygen atoms in total. The Morgan fingerprint density at radius 3 is 2.41 bits per heavy atom. The van der Waals surface area contributed by atoms with Gasteiger partial charge in [0.05, 0.1) is 5.56 Å². The molecule has 1 fully saturated rings. The first kappa shape index (κ1) is 26.7. The molecule has 1 saturated carbocycles. The summed E-state index contributed by atoms with van der Waals surface area (Å²) in [5.41, 5.74) is 3.77. The van der Waals surface area contributed by atoms with Crippen LogP contribution in [0.3, 0.4) is 0 Å². The van der Waals surface area contributed by atoms with Crippen molar-refractivity contribution >= 4 is 28.9 Å². The fourth-order valence-electron chi connectivity index (χ4n) is 5.83. The zero-order valence-corrected chi connectivity index (χ0v) is 21.8. The average molecular weight is 514 g/mol. The molecule has 3 aliphatic rings. The third kappa shape index (κ3) is 4.18. The maximum absolute atomic E-state index is 13.7. The van der Waals surface area contributed by atoms with Gasteiger partial charge in [-0.05, 0) is 35.8 Å². The quantitative estimate of drug-likeness (QED) is 0.320. The van der Waals surface area contributed by atoms with Gasteiger partial charge in [0.2, 0.25) is 5.78 Å². The molecule has 0 aliphatic heterocycles. The molecule has 0 spiro atoms. The number of nitrogens with one attached hydrogen (secondary N) is 1. The molecular formula is C27H35N3O7. The number of phenolic OH excluding ortho intramolecular Hbond substituents is 1. The van der Waals surface area contributed by atoms with Crippen LogP contribution in [0.1, 0.15) is 50.3 Å². The molecule has 0 saturated heterocycles. The van der Waals surface area contributed by atoms with E-state index in [0.29, 0.717) is 24.2 Å². The maximum Gasteiger partial charge on any atom is 0.255 e. The van der Waals surface area contributed by atoms with Crippen LogP contribution in [0.15, 0.2) is 23.0 Å². The molecule has 1 unspecified atom stereocenters. The molecule has 1 aromatic carbocycles. The Balaban J connectivity index is 1.87. The van der Waals surface area contributed by atoms with Gasteiger partial charge >= 0.3 is 0 Å². The van der Waals surface area contributed by atoms with Crippen molar-refractivity contribution in [2.75, 3.05) is 25.5 Å². The van der Waals surface area contributed by atoms with Gasteiger partial charge in [-0.25, -0.2) is 0 Å². The van der Waals surface area contributed by atoms with Crippen molar-refractivity contribution in [3.63, 3.8) is 0 Å². The topological polar surface area (TPSA) is 173 Å². The summed E-state index contributed by atoms with van der Waals surface area (Å²) in [6.45, 7) is 7.22. The second-order valence-electron chi connectivity index (χ2n) is 11.7. The highest BCUT2D eigenvalue weighted by Crippen LogP contribution is 2.53. The molecule has 1 amide bonds. The molecule has 37 heavy (non-hydrogen) atoms. The van der Waals surface area contributed by atoms with E-state index in [2.05, 4.69) is 26.1 Å². The smallest absolute Gasteiger partial charge is 0.255 e. The molecular weight excluding hydrogens is 478 g/mol. The molecule has 7 N–H and O–H groups in total. The third-order valence-corrected chi connectivity index (χ3v) is 7.57. The Bertz CT molecular complexity index is 1270. The number of fused-ring (bicyclic) bond motifs is 3. The Labute approximate surface area is 215 Å². The number of nitrogens with zero attached hydrogens (tertiary/aromatic N) is 1. The molecule has 0 radical (unpaired) electrons. The van der Waals surface area contributed by atoms with Gasteiger partial charge in [-0.1, -0.05) is 20.8 Å². The number of nitrogens with two attached hydrogens (primary N) is 1. The number of amides is 1. The lowest BCUT2D eigenvalue weighted by Gasteiger charge is -2.46. The molecule has 0 aromatic heterocycles. The van der Waals surface area contributed by atoms with Crippen LogP contribution in [0.5, 0.6) is 5.75 Å². The predicted molar refractivity (Wildman–Crippen MR) is 137 cm³/mol. The highest BCUT2D eigenvalue weighted by atomic mass is 16.3. The van der Waals surface area contributed by atoms with E-state index in [4.69, 9.17) is 5.73 Å². The van der Waals surface area contributed by atoms with Gasteiger partial charge in [-0.3, -0.25) is 14.4 Å². The van der Waals surface area contributed by atoms with Crippen molar-refractivity contribution in [3.8, 4) is 5.75 Å². The van der Waals surface area contributed by atoms with Gasteiger partial charge in [0, 0.05) is 56.3 Å². The number of anilines is 1. The fourth-order valence-corrected chi connectivity index (χ4v) is 5.83. The minimum absolute atomic E-state index is 0.00665. The van der Waals surface area contributed by atoms with Crippen LogP contribution in [0, 0.1) is 17.3 Å². The highest BCUT2D eigenvalue weighted by molar-refractivity contribution is 6.22. The average Bonchev–Trinajstić information content (AvgIpc) is 2.76. The zero-order chi connectivity index (χ0) is 27.6. The largest absolute Gasteiger partial charge is 0.508 e. The monoisotopic (exact) mass is 513 g/mol. The molecule has 0 bridgehead atoms. The van der Waals surface area contributed by atoms with Crippen molar-refractivity contribution < 1.29 is 34.8 Å². The summed E-state index contributed by atoms with van der Waals surface area (Å²) in [5, 5.41) is 48.0. The molecule has 10 heteroatoms. The first-order chi connectivity index (χ1) is 17.1. The summed E-state index contributed by atoms with van der Waals surface area (Å²) >= 11 is 0. The standard InChI is InChI=1S/C27H35N3O7/c1-26(2,3)11-29-10-13-8-16(30(4)5)15-7-12-6-14-9-17(31)20(25(28)36)24(35)27(14,37)23(34)18(12)22(33)19(15)21(13)32/h8,12,14,29,32-33,35,37H,6-7,9-11H2,1-5H3,(H2,28,36)/t12?,14-,27-/m0/s1. The number of benzene rings is 1. The second kappa shape index (κ2) is 8.88. The molecule has 4 rings (SSSR count). The Hall–Kier alpha value is -3.37. The normalized spacial score (nSPS) is 25.6.